The second-order valence-electron chi connectivity index (χ2n) is 5.95. The molecular weight excluding hydrogens is 290 g/mol. The first kappa shape index (κ1) is 15.7. The smallest absolute Gasteiger partial charge is 0.222 e. The highest BCUT2D eigenvalue weighted by atomic mass is 16.1. The predicted octanol–water partition coefficient (Wildman–Crippen LogP) is 1.62. The summed E-state index contributed by atoms with van der Waals surface area (Å²) in [6.45, 7) is 3.67. The molecule has 1 aliphatic heterocycles. The van der Waals surface area contributed by atoms with E-state index in [0.717, 1.165) is 25.2 Å². The Labute approximate surface area is 136 Å². The Morgan fingerprint density at radius 3 is 2.70 bits per heavy atom. The van der Waals surface area contributed by atoms with Crippen LogP contribution in [0, 0.1) is 0 Å². The van der Waals surface area contributed by atoms with Gasteiger partial charge in [-0.25, -0.2) is 4.98 Å². The highest BCUT2D eigenvalue weighted by molar-refractivity contribution is 5.76. The summed E-state index contributed by atoms with van der Waals surface area (Å²) in [6.07, 6.45) is 6.03. The molecule has 1 aliphatic rings. The molecule has 122 valence electrons. The quantitative estimate of drug-likeness (QED) is 0.844. The molecule has 0 radical (unpaired) electrons. The van der Waals surface area contributed by atoms with Crippen LogP contribution in [0.15, 0.2) is 43.0 Å². The maximum atomic E-state index is 12.3. The average Bonchev–Trinajstić information content (AvgIpc) is 3.27. The van der Waals surface area contributed by atoms with Crippen molar-refractivity contribution in [2.24, 2.45) is 0 Å². The second kappa shape index (κ2) is 7.87. The topological polar surface area (TPSA) is 63.1 Å². The van der Waals surface area contributed by atoms with Crippen molar-refractivity contribution in [3.05, 3.63) is 48.5 Å². The highest BCUT2D eigenvalue weighted by Gasteiger charge is 2.20. The molecule has 2 aromatic rings. The van der Waals surface area contributed by atoms with Gasteiger partial charge in [0.25, 0.3) is 0 Å². The minimum absolute atomic E-state index is 0.0394. The molecule has 2 heterocycles. The molecule has 0 spiro atoms. The van der Waals surface area contributed by atoms with Crippen LogP contribution in [-0.4, -0.2) is 45.2 Å². The Hall–Kier alpha value is -2.21. The van der Waals surface area contributed by atoms with Gasteiger partial charge in [-0.1, -0.05) is 30.3 Å². The summed E-state index contributed by atoms with van der Waals surface area (Å²) >= 11 is 0. The number of carbonyl (C=O) groups is 1. The zero-order valence-electron chi connectivity index (χ0n) is 13.3. The number of hydrogen-bond donors (Lipinski definition) is 1. The maximum Gasteiger partial charge on any atom is 0.222 e. The number of aryl methyl sites for hydroxylation is 1. The van der Waals surface area contributed by atoms with Gasteiger partial charge in [0.1, 0.15) is 12.7 Å². The number of benzene rings is 1. The fraction of sp³-hybridized carbons (Fsp3) is 0.471. The maximum absolute atomic E-state index is 12.3. The fourth-order valence-electron chi connectivity index (χ4n) is 2.97. The fourth-order valence-corrected chi connectivity index (χ4v) is 2.97. The molecule has 0 bridgehead atoms. The molecular formula is C17H23N5O. The lowest BCUT2D eigenvalue weighted by Gasteiger charge is -2.25. The Morgan fingerprint density at radius 2 is 2.00 bits per heavy atom. The molecule has 1 fully saturated rings. The van der Waals surface area contributed by atoms with Crippen LogP contribution in [0.25, 0.3) is 0 Å². The van der Waals surface area contributed by atoms with Crippen LogP contribution in [0.4, 0.5) is 0 Å². The van der Waals surface area contributed by atoms with Gasteiger partial charge in [0.15, 0.2) is 0 Å². The van der Waals surface area contributed by atoms with Crippen LogP contribution >= 0.6 is 0 Å². The first-order valence-corrected chi connectivity index (χ1v) is 8.20. The number of rotatable bonds is 7. The van der Waals surface area contributed by atoms with Crippen molar-refractivity contribution in [3.8, 4) is 0 Å². The summed E-state index contributed by atoms with van der Waals surface area (Å²) in [5.74, 6) is 0.0496. The monoisotopic (exact) mass is 313 g/mol. The summed E-state index contributed by atoms with van der Waals surface area (Å²) in [6, 6.07) is 10.2. The van der Waals surface area contributed by atoms with Gasteiger partial charge in [0.05, 0.1) is 12.6 Å². The number of amides is 1. The van der Waals surface area contributed by atoms with E-state index in [1.807, 2.05) is 18.2 Å². The molecule has 1 amide bonds. The lowest BCUT2D eigenvalue weighted by atomic mass is 10.1. The van der Waals surface area contributed by atoms with E-state index in [2.05, 4.69) is 32.4 Å². The summed E-state index contributed by atoms with van der Waals surface area (Å²) in [5, 5.41) is 7.21. The zero-order chi connectivity index (χ0) is 15.9. The van der Waals surface area contributed by atoms with Crippen molar-refractivity contribution in [1.29, 1.82) is 0 Å². The number of aromatic nitrogens is 3. The normalized spacial score (nSPS) is 16.3. The Bertz CT molecular complexity index is 593. The number of carbonyl (C=O) groups excluding carboxylic acids is 1. The standard InChI is InChI=1S/C17H23N5O/c23-17(8-11-22-14-18-13-19-22)20-16(12-21-9-4-5-10-21)15-6-2-1-3-7-15/h1-3,6-7,13-14,16H,4-5,8-12H2,(H,20,23). The third kappa shape index (κ3) is 4.63. The highest BCUT2D eigenvalue weighted by Crippen LogP contribution is 2.17. The van der Waals surface area contributed by atoms with Gasteiger partial charge >= 0.3 is 0 Å². The van der Waals surface area contributed by atoms with Crippen molar-refractivity contribution >= 4 is 5.91 Å². The number of hydrogen-bond acceptors (Lipinski definition) is 4. The van der Waals surface area contributed by atoms with E-state index in [4.69, 9.17) is 0 Å². The molecule has 0 aliphatic carbocycles. The van der Waals surface area contributed by atoms with Gasteiger partial charge in [0, 0.05) is 13.0 Å². The number of likely N-dealkylation sites (tertiary alicyclic amines) is 1. The van der Waals surface area contributed by atoms with Gasteiger partial charge in [-0.2, -0.15) is 5.10 Å². The van der Waals surface area contributed by atoms with E-state index in [9.17, 15) is 4.79 Å². The number of nitrogens with one attached hydrogen (secondary N) is 1. The molecule has 1 saturated heterocycles. The van der Waals surface area contributed by atoms with E-state index < -0.39 is 0 Å². The third-order valence-electron chi connectivity index (χ3n) is 4.21. The van der Waals surface area contributed by atoms with Crippen molar-refractivity contribution < 1.29 is 4.79 Å². The summed E-state index contributed by atoms with van der Waals surface area (Å²) < 4.78 is 1.68. The molecule has 0 saturated carbocycles. The van der Waals surface area contributed by atoms with Crippen molar-refractivity contribution in [1.82, 2.24) is 25.0 Å². The Balaban J connectivity index is 1.59. The summed E-state index contributed by atoms with van der Waals surface area (Å²) in [4.78, 5) is 18.6. The molecule has 1 N–H and O–H groups in total. The van der Waals surface area contributed by atoms with E-state index in [1.165, 1.54) is 19.2 Å². The lowest BCUT2D eigenvalue weighted by molar-refractivity contribution is -0.122. The van der Waals surface area contributed by atoms with Gasteiger partial charge in [-0.3, -0.25) is 9.48 Å². The molecule has 3 rings (SSSR count). The number of nitrogens with zero attached hydrogens (tertiary/aromatic N) is 4. The van der Waals surface area contributed by atoms with Crippen LogP contribution in [0.5, 0.6) is 0 Å². The van der Waals surface area contributed by atoms with Gasteiger partial charge in [-0.05, 0) is 31.5 Å². The summed E-state index contributed by atoms with van der Waals surface area (Å²) in [7, 11) is 0. The lowest BCUT2D eigenvalue weighted by Crippen LogP contribution is -2.37. The third-order valence-corrected chi connectivity index (χ3v) is 4.21. The molecule has 6 nitrogen and oxygen atoms in total. The largest absolute Gasteiger partial charge is 0.348 e. The molecule has 1 unspecified atom stereocenters. The first-order chi connectivity index (χ1) is 11.3. The van der Waals surface area contributed by atoms with Crippen LogP contribution < -0.4 is 5.32 Å². The summed E-state index contributed by atoms with van der Waals surface area (Å²) in [5.41, 5.74) is 1.16. The van der Waals surface area contributed by atoms with E-state index in [-0.39, 0.29) is 11.9 Å². The van der Waals surface area contributed by atoms with Gasteiger partial charge < -0.3 is 10.2 Å². The second-order valence-corrected chi connectivity index (χ2v) is 5.95. The molecule has 23 heavy (non-hydrogen) atoms. The minimum Gasteiger partial charge on any atom is -0.348 e. The van der Waals surface area contributed by atoms with Crippen LogP contribution in [0.3, 0.4) is 0 Å². The molecule has 1 aromatic heterocycles. The molecule has 6 heteroatoms. The van der Waals surface area contributed by atoms with Gasteiger partial charge in [-0.15, -0.1) is 0 Å². The zero-order valence-corrected chi connectivity index (χ0v) is 13.3. The van der Waals surface area contributed by atoms with Gasteiger partial charge in [0.2, 0.25) is 5.91 Å². The Morgan fingerprint density at radius 1 is 1.22 bits per heavy atom. The van der Waals surface area contributed by atoms with Crippen molar-refractivity contribution in [2.45, 2.75) is 31.8 Å². The predicted molar refractivity (Wildman–Crippen MR) is 87.6 cm³/mol. The Kier molecular flexibility index (Phi) is 5.37. The van der Waals surface area contributed by atoms with Crippen LogP contribution in [0.2, 0.25) is 0 Å². The minimum atomic E-state index is 0.0394. The van der Waals surface area contributed by atoms with E-state index in [0.29, 0.717) is 13.0 Å². The first-order valence-electron chi connectivity index (χ1n) is 8.20. The van der Waals surface area contributed by atoms with Crippen LogP contribution in [0.1, 0.15) is 30.9 Å². The van der Waals surface area contributed by atoms with Crippen molar-refractivity contribution in [3.63, 3.8) is 0 Å². The van der Waals surface area contributed by atoms with Crippen LogP contribution in [-0.2, 0) is 11.3 Å². The van der Waals surface area contributed by atoms with Crippen molar-refractivity contribution in [2.75, 3.05) is 19.6 Å². The average molecular weight is 313 g/mol. The van der Waals surface area contributed by atoms with E-state index in [1.54, 1.807) is 11.0 Å². The SMILES string of the molecule is O=C(CCn1cncn1)NC(CN1CCCC1)c1ccccc1. The van der Waals surface area contributed by atoms with E-state index >= 15 is 0 Å². The molecule has 1 aromatic carbocycles. The molecule has 1 atom stereocenters.